The van der Waals surface area contributed by atoms with Crippen LogP contribution in [-0.2, 0) is 4.74 Å². The van der Waals surface area contributed by atoms with Crippen molar-refractivity contribution in [3.8, 4) is 0 Å². The Hall–Kier alpha value is -0.120. The van der Waals surface area contributed by atoms with Gasteiger partial charge in [-0.15, -0.1) is 0 Å². The maximum Gasteiger partial charge on any atom is 0.212 e. The average molecular weight is 104 g/mol. The zero-order valence-corrected chi connectivity index (χ0v) is 4.42. The summed E-state index contributed by atoms with van der Waals surface area (Å²) in [7, 11) is 1.73. The van der Waals surface area contributed by atoms with Gasteiger partial charge < -0.3 is 4.74 Å². The maximum atomic E-state index is 9.01. The lowest BCUT2D eigenvalue weighted by molar-refractivity contribution is -1.08. The summed E-state index contributed by atoms with van der Waals surface area (Å²) in [5.41, 5.74) is 0. The monoisotopic (exact) mass is 104 g/mol. The molecule has 42 valence electrons. The Kier molecular flexibility index (Phi) is 1.03. The molecule has 3 nitrogen and oxygen atoms in total. The van der Waals surface area contributed by atoms with Crippen LogP contribution in [0.25, 0.3) is 0 Å². The lowest BCUT2D eigenvalue weighted by Gasteiger charge is -2.14. The van der Waals surface area contributed by atoms with Gasteiger partial charge in [0.15, 0.2) is 0 Å². The molecular weight excluding hydrogens is 94.0 g/mol. The van der Waals surface area contributed by atoms with Crippen LogP contribution < -0.4 is 0 Å². The summed E-state index contributed by atoms with van der Waals surface area (Å²) in [6, 6.07) is 0. The van der Waals surface area contributed by atoms with Crippen molar-refractivity contribution in [2.45, 2.75) is 0 Å². The topological polar surface area (TPSA) is 29.5 Å². The van der Waals surface area contributed by atoms with E-state index < -0.39 is 0 Å². The Morgan fingerprint density at radius 3 is 2.57 bits per heavy atom. The van der Waals surface area contributed by atoms with Gasteiger partial charge >= 0.3 is 0 Å². The van der Waals surface area contributed by atoms with Crippen LogP contribution in [0.2, 0.25) is 0 Å². The predicted molar refractivity (Wildman–Crippen MR) is 23.7 cm³/mol. The molecule has 1 N–H and O–H groups in total. The molecule has 0 radical (unpaired) electrons. The lowest BCUT2D eigenvalue weighted by Crippen LogP contribution is -2.36. The van der Waals surface area contributed by atoms with Gasteiger partial charge in [-0.25, -0.2) is 5.21 Å². The summed E-state index contributed by atoms with van der Waals surface area (Å²) in [5.74, 6) is 0. The van der Waals surface area contributed by atoms with Gasteiger partial charge in [0.2, 0.25) is 6.73 Å². The number of likely N-dealkylation sites (N-methyl/N-ethyl adjacent to an activating group) is 1. The van der Waals surface area contributed by atoms with E-state index >= 15 is 0 Å². The zero-order chi connectivity index (χ0) is 5.33. The third kappa shape index (κ3) is 1.12. The smallest absolute Gasteiger partial charge is 0.212 e. The van der Waals surface area contributed by atoms with Crippen LogP contribution in [0.15, 0.2) is 0 Å². The summed E-state index contributed by atoms with van der Waals surface area (Å²) in [4.78, 5) is 0. The molecule has 0 aliphatic carbocycles. The van der Waals surface area contributed by atoms with E-state index in [0.717, 1.165) is 6.54 Å². The molecule has 1 unspecified atom stereocenters. The number of ether oxygens (including phenoxy) is 1. The Balaban J connectivity index is 2.40. The van der Waals surface area contributed by atoms with E-state index in [1.165, 1.54) is 0 Å². The highest BCUT2D eigenvalue weighted by molar-refractivity contribution is 4.30. The second kappa shape index (κ2) is 1.43. The van der Waals surface area contributed by atoms with Crippen molar-refractivity contribution >= 4 is 0 Å². The van der Waals surface area contributed by atoms with Gasteiger partial charge in [0.1, 0.15) is 20.2 Å². The Labute approximate surface area is 42.7 Å². The Morgan fingerprint density at radius 2 is 2.43 bits per heavy atom. The number of rotatable bonds is 0. The van der Waals surface area contributed by atoms with Crippen LogP contribution in [0.3, 0.4) is 0 Å². The standard InChI is InChI=1S/C4H10NO2/c1-5(6)2-3-7-4-5/h6H,2-4H2,1H3/q+1. The summed E-state index contributed by atoms with van der Waals surface area (Å²) in [6.45, 7) is 1.85. The van der Waals surface area contributed by atoms with Crippen molar-refractivity contribution in [3.05, 3.63) is 0 Å². The molecule has 0 saturated carbocycles. The SMILES string of the molecule is C[N+]1(O)CCOC1. The summed E-state index contributed by atoms with van der Waals surface area (Å²) >= 11 is 0. The number of hydroxylamine groups is 3. The molecule has 3 heteroatoms. The van der Waals surface area contributed by atoms with Gasteiger partial charge in [0, 0.05) is 0 Å². The molecule has 0 bridgehead atoms. The first-order chi connectivity index (χ1) is 3.21. The summed E-state index contributed by atoms with van der Waals surface area (Å²) in [5, 5.41) is 9.01. The van der Waals surface area contributed by atoms with Crippen LogP contribution in [-0.4, -0.2) is 36.8 Å². The number of quaternary nitrogens is 1. The van der Waals surface area contributed by atoms with E-state index in [1.807, 2.05) is 0 Å². The highest BCUT2D eigenvalue weighted by Gasteiger charge is 2.24. The molecular formula is C4H10NO2+. The van der Waals surface area contributed by atoms with Gasteiger partial charge in [-0.05, 0) is 0 Å². The van der Waals surface area contributed by atoms with Crippen LogP contribution in [0.1, 0.15) is 0 Å². The second-order valence-corrected chi connectivity index (χ2v) is 2.10. The van der Waals surface area contributed by atoms with E-state index in [4.69, 9.17) is 9.94 Å². The third-order valence-electron chi connectivity index (χ3n) is 1.09. The lowest BCUT2D eigenvalue weighted by atomic mass is 10.7. The van der Waals surface area contributed by atoms with Crippen LogP contribution in [0.5, 0.6) is 0 Å². The minimum Gasteiger partial charge on any atom is -0.323 e. The molecule has 1 fully saturated rings. The summed E-state index contributed by atoms with van der Waals surface area (Å²) in [6.07, 6.45) is 0. The molecule has 1 saturated heterocycles. The van der Waals surface area contributed by atoms with Gasteiger partial charge in [-0.3, -0.25) is 0 Å². The largest absolute Gasteiger partial charge is 0.323 e. The second-order valence-electron chi connectivity index (χ2n) is 2.10. The van der Waals surface area contributed by atoms with Gasteiger partial charge in [-0.1, -0.05) is 0 Å². The van der Waals surface area contributed by atoms with Crippen molar-refractivity contribution in [1.29, 1.82) is 0 Å². The minimum absolute atomic E-state index is 0.0278. The van der Waals surface area contributed by atoms with E-state index in [2.05, 4.69) is 0 Å². The van der Waals surface area contributed by atoms with Crippen molar-refractivity contribution in [3.63, 3.8) is 0 Å². The predicted octanol–water partition coefficient (Wildman–Crippen LogP) is -0.190. The number of hydrogen-bond donors (Lipinski definition) is 1. The molecule has 0 spiro atoms. The van der Waals surface area contributed by atoms with E-state index in [-0.39, 0.29) is 4.65 Å². The first kappa shape index (κ1) is 5.03. The minimum atomic E-state index is 0.0278. The Bertz CT molecular complexity index is 64.1. The molecule has 1 rings (SSSR count). The molecule has 1 heterocycles. The quantitative estimate of drug-likeness (QED) is 0.432. The van der Waals surface area contributed by atoms with Gasteiger partial charge in [0.05, 0.1) is 0 Å². The van der Waals surface area contributed by atoms with Crippen LogP contribution in [0, 0.1) is 0 Å². The normalized spacial score (nSPS) is 42.0. The third-order valence-corrected chi connectivity index (χ3v) is 1.09. The van der Waals surface area contributed by atoms with Crippen LogP contribution >= 0.6 is 0 Å². The van der Waals surface area contributed by atoms with E-state index in [1.54, 1.807) is 7.05 Å². The molecule has 0 aromatic rings. The highest BCUT2D eigenvalue weighted by Crippen LogP contribution is 2.02. The molecule has 1 aliphatic rings. The zero-order valence-electron chi connectivity index (χ0n) is 4.42. The first-order valence-electron chi connectivity index (χ1n) is 2.36. The van der Waals surface area contributed by atoms with Crippen molar-refractivity contribution in [1.82, 2.24) is 0 Å². The maximum absolute atomic E-state index is 9.01. The fourth-order valence-electron chi connectivity index (χ4n) is 0.587. The first-order valence-corrected chi connectivity index (χ1v) is 2.36. The number of hydrogen-bond acceptors (Lipinski definition) is 2. The molecule has 1 aliphatic heterocycles. The van der Waals surface area contributed by atoms with Crippen LogP contribution in [0.4, 0.5) is 0 Å². The Morgan fingerprint density at radius 1 is 1.71 bits per heavy atom. The molecule has 7 heavy (non-hydrogen) atoms. The molecule has 1 atom stereocenters. The number of nitrogens with zero attached hydrogens (tertiary/aromatic N) is 1. The van der Waals surface area contributed by atoms with Crippen molar-refractivity contribution in [2.24, 2.45) is 0 Å². The van der Waals surface area contributed by atoms with E-state index in [9.17, 15) is 0 Å². The summed E-state index contributed by atoms with van der Waals surface area (Å²) < 4.78 is 4.91. The van der Waals surface area contributed by atoms with Gasteiger partial charge in [0.25, 0.3) is 0 Å². The van der Waals surface area contributed by atoms with Gasteiger partial charge in [-0.2, -0.15) is 4.65 Å². The van der Waals surface area contributed by atoms with E-state index in [0.29, 0.717) is 13.3 Å². The average Bonchev–Trinajstić information content (AvgIpc) is 1.84. The fraction of sp³-hybridized carbons (Fsp3) is 1.00. The molecule has 0 amide bonds. The van der Waals surface area contributed by atoms with Crippen molar-refractivity contribution in [2.75, 3.05) is 26.9 Å². The molecule has 0 aromatic carbocycles. The van der Waals surface area contributed by atoms with Crippen molar-refractivity contribution < 1.29 is 14.6 Å². The highest BCUT2D eigenvalue weighted by atomic mass is 16.6. The molecule has 0 aromatic heterocycles. The fourth-order valence-corrected chi connectivity index (χ4v) is 0.587.